The maximum absolute atomic E-state index is 13.4. The van der Waals surface area contributed by atoms with Crippen LogP contribution >= 0.6 is 15.9 Å². The van der Waals surface area contributed by atoms with Crippen LogP contribution in [0, 0.1) is 5.82 Å². The number of hydrogen-bond acceptors (Lipinski definition) is 2. The van der Waals surface area contributed by atoms with E-state index in [0.717, 1.165) is 39.1 Å². The molecule has 0 unspecified atom stereocenters. The predicted molar refractivity (Wildman–Crippen MR) is 76.7 cm³/mol. The summed E-state index contributed by atoms with van der Waals surface area (Å²) in [4.78, 5) is 16.4. The number of benzene rings is 1. The Bertz CT molecular complexity index is 459. The average molecular weight is 329 g/mol. The molecule has 0 atom stereocenters. The molecule has 1 aromatic carbocycles. The molecule has 1 aliphatic heterocycles. The zero-order valence-electron chi connectivity index (χ0n) is 11.0. The van der Waals surface area contributed by atoms with E-state index in [9.17, 15) is 9.18 Å². The topological polar surface area (TPSA) is 23.6 Å². The van der Waals surface area contributed by atoms with Gasteiger partial charge in [-0.3, -0.25) is 9.69 Å². The van der Waals surface area contributed by atoms with Crippen molar-refractivity contribution in [3.8, 4) is 0 Å². The van der Waals surface area contributed by atoms with E-state index in [2.05, 4.69) is 27.8 Å². The van der Waals surface area contributed by atoms with Gasteiger partial charge in [-0.25, -0.2) is 4.39 Å². The van der Waals surface area contributed by atoms with Gasteiger partial charge in [0.1, 0.15) is 5.82 Å². The van der Waals surface area contributed by atoms with Crippen LogP contribution < -0.4 is 0 Å². The van der Waals surface area contributed by atoms with Crippen LogP contribution in [0.3, 0.4) is 0 Å². The van der Waals surface area contributed by atoms with Gasteiger partial charge in [0.15, 0.2) is 0 Å². The van der Waals surface area contributed by atoms with Gasteiger partial charge in [0.05, 0.1) is 4.47 Å². The summed E-state index contributed by atoms with van der Waals surface area (Å²) in [7, 11) is 0. The van der Waals surface area contributed by atoms with Crippen molar-refractivity contribution in [2.24, 2.45) is 0 Å². The van der Waals surface area contributed by atoms with E-state index in [1.54, 1.807) is 17.0 Å². The smallest absolute Gasteiger partial charge is 0.254 e. The van der Waals surface area contributed by atoms with Crippen molar-refractivity contribution in [1.82, 2.24) is 9.80 Å². The third kappa shape index (κ3) is 3.54. The summed E-state index contributed by atoms with van der Waals surface area (Å²) >= 11 is 3.09. The largest absolute Gasteiger partial charge is 0.336 e. The Morgan fingerprint density at radius 3 is 2.58 bits per heavy atom. The van der Waals surface area contributed by atoms with Crippen LogP contribution in [0.4, 0.5) is 4.39 Å². The van der Waals surface area contributed by atoms with Crippen LogP contribution in [0.25, 0.3) is 0 Å². The maximum atomic E-state index is 13.4. The molecule has 1 heterocycles. The Kier molecular flexibility index (Phi) is 4.93. The van der Waals surface area contributed by atoms with E-state index in [4.69, 9.17) is 0 Å². The molecule has 5 heteroatoms. The fraction of sp³-hybridized carbons (Fsp3) is 0.500. The molecule has 0 aliphatic carbocycles. The quantitative estimate of drug-likeness (QED) is 0.851. The normalized spacial score (nSPS) is 16.7. The number of piperazine rings is 1. The second-order valence-corrected chi connectivity index (χ2v) is 5.62. The lowest BCUT2D eigenvalue weighted by Gasteiger charge is -2.34. The highest BCUT2D eigenvalue weighted by molar-refractivity contribution is 9.10. The van der Waals surface area contributed by atoms with Crippen molar-refractivity contribution in [3.05, 3.63) is 34.1 Å². The fourth-order valence-electron chi connectivity index (χ4n) is 2.30. The molecular formula is C14H18BrFN2O. The number of amides is 1. The molecule has 1 fully saturated rings. The van der Waals surface area contributed by atoms with Gasteiger partial charge in [0.25, 0.3) is 5.91 Å². The van der Waals surface area contributed by atoms with Gasteiger partial charge < -0.3 is 4.90 Å². The summed E-state index contributed by atoms with van der Waals surface area (Å²) < 4.78 is 13.8. The molecule has 19 heavy (non-hydrogen) atoms. The van der Waals surface area contributed by atoms with Crippen molar-refractivity contribution in [3.63, 3.8) is 0 Å². The first-order chi connectivity index (χ1) is 9.11. The number of carbonyl (C=O) groups excluding carboxylic acids is 1. The lowest BCUT2D eigenvalue weighted by atomic mass is 10.1. The first-order valence-electron chi connectivity index (χ1n) is 6.58. The Morgan fingerprint density at radius 2 is 2.00 bits per heavy atom. The molecule has 1 aromatic rings. The number of halogens is 2. The van der Waals surface area contributed by atoms with Gasteiger partial charge in [0.2, 0.25) is 0 Å². The summed E-state index contributed by atoms with van der Waals surface area (Å²) in [6, 6.07) is 4.54. The van der Waals surface area contributed by atoms with E-state index < -0.39 is 5.82 Å². The van der Waals surface area contributed by atoms with Gasteiger partial charge in [-0.15, -0.1) is 0 Å². The minimum Gasteiger partial charge on any atom is -0.336 e. The van der Waals surface area contributed by atoms with E-state index in [1.807, 2.05) is 0 Å². The SMILES string of the molecule is CCCN1CCN(C(=O)c2ccc(Br)c(F)c2)CC1. The Hall–Kier alpha value is -0.940. The second kappa shape index (κ2) is 6.48. The molecular weight excluding hydrogens is 311 g/mol. The molecule has 1 saturated heterocycles. The number of carbonyl (C=O) groups is 1. The van der Waals surface area contributed by atoms with Gasteiger partial charge in [-0.05, 0) is 47.1 Å². The highest BCUT2D eigenvalue weighted by Gasteiger charge is 2.22. The number of nitrogens with zero attached hydrogens (tertiary/aromatic N) is 2. The lowest BCUT2D eigenvalue weighted by Crippen LogP contribution is -2.48. The maximum Gasteiger partial charge on any atom is 0.254 e. The molecule has 2 rings (SSSR count). The van der Waals surface area contributed by atoms with Crippen LogP contribution in [0.15, 0.2) is 22.7 Å². The summed E-state index contributed by atoms with van der Waals surface area (Å²) in [5, 5.41) is 0. The summed E-state index contributed by atoms with van der Waals surface area (Å²) in [6.45, 7) is 6.47. The van der Waals surface area contributed by atoms with Crippen molar-refractivity contribution >= 4 is 21.8 Å². The fourth-order valence-corrected chi connectivity index (χ4v) is 2.55. The van der Waals surface area contributed by atoms with Crippen molar-refractivity contribution in [2.45, 2.75) is 13.3 Å². The molecule has 0 aromatic heterocycles. The minimum absolute atomic E-state index is 0.0810. The average Bonchev–Trinajstić information content (AvgIpc) is 2.42. The summed E-state index contributed by atoms with van der Waals surface area (Å²) in [5.41, 5.74) is 0.421. The van der Waals surface area contributed by atoms with Gasteiger partial charge in [-0.2, -0.15) is 0 Å². The second-order valence-electron chi connectivity index (χ2n) is 4.76. The molecule has 0 radical (unpaired) electrons. The van der Waals surface area contributed by atoms with E-state index in [-0.39, 0.29) is 5.91 Å². The third-order valence-corrected chi connectivity index (χ3v) is 4.01. The Balaban J connectivity index is 1.99. The highest BCUT2D eigenvalue weighted by atomic mass is 79.9. The molecule has 0 saturated carbocycles. The summed E-state index contributed by atoms with van der Waals surface area (Å²) in [6.07, 6.45) is 1.13. The summed E-state index contributed by atoms with van der Waals surface area (Å²) in [5.74, 6) is -0.474. The molecule has 0 spiro atoms. The highest BCUT2D eigenvalue weighted by Crippen LogP contribution is 2.18. The molecule has 0 N–H and O–H groups in total. The van der Waals surface area contributed by atoms with E-state index >= 15 is 0 Å². The standard InChI is InChI=1S/C14H18BrFN2O/c1-2-5-17-6-8-18(9-7-17)14(19)11-3-4-12(15)13(16)10-11/h3-4,10H,2,5-9H2,1H3. The molecule has 0 bridgehead atoms. The molecule has 3 nitrogen and oxygen atoms in total. The Morgan fingerprint density at radius 1 is 1.32 bits per heavy atom. The van der Waals surface area contributed by atoms with Crippen molar-refractivity contribution in [1.29, 1.82) is 0 Å². The molecule has 1 aliphatic rings. The van der Waals surface area contributed by atoms with Crippen LogP contribution in [0.5, 0.6) is 0 Å². The van der Waals surface area contributed by atoms with Gasteiger partial charge >= 0.3 is 0 Å². The Labute approximate surface area is 121 Å². The zero-order chi connectivity index (χ0) is 13.8. The first-order valence-corrected chi connectivity index (χ1v) is 7.37. The third-order valence-electron chi connectivity index (χ3n) is 3.37. The van der Waals surface area contributed by atoms with Gasteiger partial charge in [0, 0.05) is 31.7 Å². The van der Waals surface area contributed by atoms with Crippen LogP contribution in [-0.2, 0) is 0 Å². The minimum atomic E-state index is -0.393. The predicted octanol–water partition coefficient (Wildman–Crippen LogP) is 2.76. The van der Waals surface area contributed by atoms with E-state index in [1.165, 1.54) is 6.07 Å². The van der Waals surface area contributed by atoms with Gasteiger partial charge in [-0.1, -0.05) is 6.92 Å². The zero-order valence-corrected chi connectivity index (χ0v) is 12.6. The molecule has 104 valence electrons. The lowest BCUT2D eigenvalue weighted by molar-refractivity contribution is 0.0637. The van der Waals surface area contributed by atoms with Crippen LogP contribution in [0.1, 0.15) is 23.7 Å². The van der Waals surface area contributed by atoms with Crippen molar-refractivity contribution < 1.29 is 9.18 Å². The van der Waals surface area contributed by atoms with Crippen LogP contribution in [0.2, 0.25) is 0 Å². The van der Waals surface area contributed by atoms with Crippen LogP contribution in [-0.4, -0.2) is 48.4 Å². The monoisotopic (exact) mass is 328 g/mol. The number of hydrogen-bond donors (Lipinski definition) is 0. The molecule has 1 amide bonds. The first kappa shape index (κ1) is 14.5. The van der Waals surface area contributed by atoms with Crippen molar-refractivity contribution in [2.75, 3.05) is 32.7 Å². The van der Waals surface area contributed by atoms with E-state index in [0.29, 0.717) is 10.0 Å². The number of rotatable bonds is 3.